The van der Waals surface area contributed by atoms with Gasteiger partial charge in [-0.2, -0.15) is 10.2 Å². The first-order valence-corrected chi connectivity index (χ1v) is 11.4. The summed E-state index contributed by atoms with van der Waals surface area (Å²) in [6.45, 7) is 14.4. The normalized spacial score (nSPS) is 15.7. The van der Waals surface area contributed by atoms with Crippen molar-refractivity contribution in [2.75, 3.05) is 32.8 Å². The predicted octanol–water partition coefficient (Wildman–Crippen LogP) is 3.68. The molecule has 1 fully saturated rings. The number of fused-ring (bicyclic) bond motifs is 1. The molecule has 4 heterocycles. The molecule has 0 radical (unpaired) electrons. The number of nitrogens with zero attached hydrogens (tertiary/aromatic N) is 6. The first-order chi connectivity index (χ1) is 13.9. The summed E-state index contributed by atoms with van der Waals surface area (Å²) in [6.07, 6.45) is 3.19. The molecule has 156 valence electrons. The third kappa shape index (κ3) is 4.34. The highest BCUT2D eigenvalue weighted by atomic mass is 127. The molecule has 1 aliphatic heterocycles. The van der Waals surface area contributed by atoms with E-state index in [9.17, 15) is 0 Å². The summed E-state index contributed by atoms with van der Waals surface area (Å²) < 4.78 is 10.5. The second kappa shape index (κ2) is 8.69. The van der Waals surface area contributed by atoms with E-state index in [1.54, 1.807) is 0 Å². The number of hydrogen-bond donors (Lipinski definition) is 0. The molecule has 8 heteroatoms. The van der Waals surface area contributed by atoms with Crippen molar-refractivity contribution >= 4 is 33.6 Å². The van der Waals surface area contributed by atoms with E-state index in [0.29, 0.717) is 5.92 Å². The molecule has 1 saturated heterocycles. The summed E-state index contributed by atoms with van der Waals surface area (Å²) in [5.74, 6) is 0.446. The van der Waals surface area contributed by atoms with Gasteiger partial charge in [0.2, 0.25) is 0 Å². The third-order valence-electron chi connectivity index (χ3n) is 5.59. The fraction of sp³-hybridized carbons (Fsp3) is 0.571. The first-order valence-electron chi connectivity index (χ1n) is 10.3. The number of hydrogen-bond acceptors (Lipinski definition) is 5. The van der Waals surface area contributed by atoms with Crippen LogP contribution in [0.15, 0.2) is 12.3 Å². The average Bonchev–Trinajstić information content (AvgIpc) is 3.21. The van der Waals surface area contributed by atoms with Crippen LogP contribution in [-0.4, -0.2) is 62.3 Å². The van der Waals surface area contributed by atoms with Crippen molar-refractivity contribution in [1.82, 2.24) is 29.4 Å². The number of aryl methyl sites for hydroxylation is 2. The molecule has 0 aliphatic carbocycles. The molecule has 0 aromatic carbocycles. The lowest BCUT2D eigenvalue weighted by Crippen LogP contribution is -2.37. The van der Waals surface area contributed by atoms with Crippen molar-refractivity contribution in [3.05, 3.63) is 32.9 Å². The van der Waals surface area contributed by atoms with E-state index >= 15 is 0 Å². The lowest BCUT2D eigenvalue weighted by molar-refractivity contribution is 0.0368. The SMILES string of the molecule is Cc1nc2nn(CCCN3CCOCC3)cc2cc1-n1nc(I)c(C(C)C)c1C. The van der Waals surface area contributed by atoms with E-state index in [2.05, 4.69) is 60.5 Å². The molecule has 0 amide bonds. The monoisotopic (exact) mass is 508 g/mol. The van der Waals surface area contributed by atoms with Crippen LogP contribution in [0, 0.1) is 17.5 Å². The fourth-order valence-electron chi connectivity index (χ4n) is 4.06. The maximum atomic E-state index is 5.42. The van der Waals surface area contributed by atoms with Crippen molar-refractivity contribution in [1.29, 1.82) is 0 Å². The van der Waals surface area contributed by atoms with E-state index in [0.717, 1.165) is 71.9 Å². The van der Waals surface area contributed by atoms with Crippen molar-refractivity contribution in [2.45, 2.75) is 46.6 Å². The van der Waals surface area contributed by atoms with Gasteiger partial charge in [-0.05, 0) is 54.8 Å². The van der Waals surface area contributed by atoms with Crippen molar-refractivity contribution < 1.29 is 4.74 Å². The predicted molar refractivity (Wildman–Crippen MR) is 123 cm³/mol. The molecule has 0 N–H and O–H groups in total. The van der Waals surface area contributed by atoms with Crippen LogP contribution in [0.1, 0.15) is 43.1 Å². The topological polar surface area (TPSA) is 61.0 Å². The summed E-state index contributed by atoms with van der Waals surface area (Å²) in [7, 11) is 0. The molecule has 0 saturated carbocycles. The molecule has 29 heavy (non-hydrogen) atoms. The Balaban J connectivity index is 1.55. The molecule has 1 aliphatic rings. The fourth-order valence-corrected chi connectivity index (χ4v) is 5.29. The minimum atomic E-state index is 0.446. The van der Waals surface area contributed by atoms with Crippen LogP contribution in [0.5, 0.6) is 0 Å². The largest absolute Gasteiger partial charge is 0.379 e. The molecule has 0 atom stereocenters. The van der Waals surface area contributed by atoms with E-state index in [-0.39, 0.29) is 0 Å². The molecule has 3 aromatic rings. The number of aromatic nitrogens is 5. The van der Waals surface area contributed by atoms with Crippen molar-refractivity contribution in [3.8, 4) is 5.69 Å². The lowest BCUT2D eigenvalue weighted by Gasteiger charge is -2.26. The molecule has 0 spiro atoms. The van der Waals surface area contributed by atoms with Gasteiger partial charge in [0.1, 0.15) is 3.70 Å². The van der Waals surface area contributed by atoms with Gasteiger partial charge < -0.3 is 4.74 Å². The Morgan fingerprint density at radius 1 is 1.14 bits per heavy atom. The highest BCUT2D eigenvalue weighted by molar-refractivity contribution is 14.1. The van der Waals surface area contributed by atoms with Crippen LogP contribution in [0.25, 0.3) is 16.7 Å². The number of halogens is 1. The molecule has 3 aromatic heterocycles. The Bertz CT molecular complexity index is 1000. The van der Waals surface area contributed by atoms with Gasteiger partial charge in [-0.15, -0.1) is 0 Å². The van der Waals surface area contributed by atoms with Gasteiger partial charge in [-0.3, -0.25) is 9.58 Å². The number of pyridine rings is 1. The Kier molecular flexibility index (Phi) is 6.21. The third-order valence-corrected chi connectivity index (χ3v) is 6.39. The zero-order chi connectivity index (χ0) is 20.5. The maximum absolute atomic E-state index is 5.42. The van der Waals surface area contributed by atoms with Crippen LogP contribution in [0.4, 0.5) is 0 Å². The van der Waals surface area contributed by atoms with Crippen LogP contribution in [0.2, 0.25) is 0 Å². The molecule has 0 unspecified atom stereocenters. The summed E-state index contributed by atoms with van der Waals surface area (Å²) in [5.41, 5.74) is 5.29. The van der Waals surface area contributed by atoms with Gasteiger partial charge in [0.15, 0.2) is 5.65 Å². The van der Waals surface area contributed by atoms with Crippen molar-refractivity contribution in [3.63, 3.8) is 0 Å². The van der Waals surface area contributed by atoms with Crippen LogP contribution >= 0.6 is 22.6 Å². The summed E-state index contributed by atoms with van der Waals surface area (Å²) in [4.78, 5) is 7.23. The van der Waals surface area contributed by atoms with Crippen LogP contribution < -0.4 is 0 Å². The van der Waals surface area contributed by atoms with E-state index in [1.807, 2.05) is 16.3 Å². The summed E-state index contributed by atoms with van der Waals surface area (Å²) in [5, 5.41) is 10.6. The minimum Gasteiger partial charge on any atom is -0.379 e. The zero-order valence-corrected chi connectivity index (χ0v) is 19.8. The lowest BCUT2D eigenvalue weighted by atomic mass is 10.1. The molecular formula is C21H29IN6O. The Morgan fingerprint density at radius 3 is 2.59 bits per heavy atom. The van der Waals surface area contributed by atoms with Gasteiger partial charge >= 0.3 is 0 Å². The number of morpholine rings is 1. The standard InChI is InChI=1S/C21H29IN6O/c1-14(2)19-16(4)28(24-20(19)22)18-12-17-13-27(25-21(17)23-15(18)3)7-5-6-26-8-10-29-11-9-26/h12-14H,5-11H2,1-4H3. The van der Waals surface area contributed by atoms with Crippen molar-refractivity contribution in [2.24, 2.45) is 0 Å². The smallest absolute Gasteiger partial charge is 0.181 e. The quantitative estimate of drug-likeness (QED) is 0.476. The van der Waals surface area contributed by atoms with E-state index < -0.39 is 0 Å². The summed E-state index contributed by atoms with van der Waals surface area (Å²) in [6, 6.07) is 2.17. The molecule has 7 nitrogen and oxygen atoms in total. The van der Waals surface area contributed by atoms with Gasteiger partial charge in [-0.1, -0.05) is 13.8 Å². The zero-order valence-electron chi connectivity index (χ0n) is 17.7. The average molecular weight is 508 g/mol. The Morgan fingerprint density at radius 2 is 1.90 bits per heavy atom. The van der Waals surface area contributed by atoms with Gasteiger partial charge in [0, 0.05) is 49.0 Å². The number of rotatable bonds is 6. The van der Waals surface area contributed by atoms with E-state index in [1.165, 1.54) is 11.3 Å². The first kappa shape index (κ1) is 20.7. The minimum absolute atomic E-state index is 0.446. The second-order valence-electron chi connectivity index (χ2n) is 8.06. The van der Waals surface area contributed by atoms with Gasteiger partial charge in [-0.25, -0.2) is 9.67 Å². The highest BCUT2D eigenvalue weighted by Gasteiger charge is 2.19. The highest BCUT2D eigenvalue weighted by Crippen LogP contribution is 2.28. The maximum Gasteiger partial charge on any atom is 0.181 e. The molecule has 0 bridgehead atoms. The van der Waals surface area contributed by atoms with Gasteiger partial charge in [0.25, 0.3) is 0 Å². The van der Waals surface area contributed by atoms with E-state index in [4.69, 9.17) is 19.9 Å². The second-order valence-corrected chi connectivity index (χ2v) is 9.08. The molecule has 4 rings (SSSR count). The summed E-state index contributed by atoms with van der Waals surface area (Å²) >= 11 is 2.34. The number of ether oxygens (including phenoxy) is 1. The Hall–Kier alpha value is -1.52. The molecular weight excluding hydrogens is 479 g/mol. The van der Waals surface area contributed by atoms with Gasteiger partial charge in [0.05, 0.1) is 24.6 Å². The van der Waals surface area contributed by atoms with Crippen LogP contribution in [0.3, 0.4) is 0 Å². The Labute approximate surface area is 185 Å². The van der Waals surface area contributed by atoms with Crippen LogP contribution in [-0.2, 0) is 11.3 Å².